The molecule has 2 aromatic carbocycles. The number of para-hydroxylation sites is 1. The number of nitriles is 1. The SMILES string of the molecule is CNC(=O)/C(C#N)=C1\SC(Cc2ccccc2C)C(=O)N1c1ccccc1. The quantitative estimate of drug-likeness (QED) is 0.656. The van der Waals surface area contributed by atoms with Gasteiger partial charge in [0.2, 0.25) is 5.91 Å². The Balaban J connectivity index is 2.05. The molecular formula is C21H19N3O2S. The minimum atomic E-state index is -0.495. The standard InChI is InChI=1S/C21H19N3O2S/c1-14-8-6-7-9-15(14)12-18-20(26)24(16-10-4-3-5-11-16)21(27-18)17(13-22)19(25)23-2/h3-11,18H,12H2,1-2H3,(H,23,25)/b21-17-. The number of benzene rings is 2. The number of nitrogens with one attached hydrogen (secondary N) is 1. The highest BCUT2D eigenvalue weighted by Crippen LogP contribution is 2.41. The molecule has 6 heteroatoms. The van der Waals surface area contributed by atoms with Crippen molar-refractivity contribution in [1.29, 1.82) is 5.26 Å². The van der Waals surface area contributed by atoms with E-state index in [-0.39, 0.29) is 11.5 Å². The van der Waals surface area contributed by atoms with Crippen LogP contribution in [0.3, 0.4) is 0 Å². The zero-order valence-electron chi connectivity index (χ0n) is 15.1. The lowest BCUT2D eigenvalue weighted by molar-refractivity contribution is -0.117. The van der Waals surface area contributed by atoms with Crippen molar-refractivity contribution in [2.45, 2.75) is 18.6 Å². The molecule has 0 bridgehead atoms. The fourth-order valence-electron chi connectivity index (χ4n) is 2.96. The van der Waals surface area contributed by atoms with Crippen molar-refractivity contribution in [3.05, 3.63) is 76.3 Å². The highest BCUT2D eigenvalue weighted by molar-refractivity contribution is 8.05. The Labute approximate surface area is 162 Å². The molecule has 27 heavy (non-hydrogen) atoms. The molecule has 0 aromatic heterocycles. The summed E-state index contributed by atoms with van der Waals surface area (Å²) >= 11 is 1.27. The van der Waals surface area contributed by atoms with Crippen molar-refractivity contribution in [2.24, 2.45) is 0 Å². The fourth-order valence-corrected chi connectivity index (χ4v) is 4.26. The van der Waals surface area contributed by atoms with Crippen molar-refractivity contribution in [3.63, 3.8) is 0 Å². The van der Waals surface area contributed by atoms with E-state index in [2.05, 4.69) is 5.32 Å². The van der Waals surface area contributed by atoms with Gasteiger partial charge in [-0.25, -0.2) is 0 Å². The number of amides is 2. The van der Waals surface area contributed by atoms with Crippen LogP contribution >= 0.6 is 11.8 Å². The molecule has 3 rings (SSSR count). The second-order valence-electron chi connectivity index (χ2n) is 6.12. The van der Waals surface area contributed by atoms with Crippen LogP contribution in [0.25, 0.3) is 0 Å². The second kappa shape index (κ2) is 8.11. The Bertz CT molecular complexity index is 947. The normalized spacial score (nSPS) is 18.2. The Morgan fingerprint density at radius 3 is 2.48 bits per heavy atom. The largest absolute Gasteiger partial charge is 0.354 e. The number of anilines is 1. The topological polar surface area (TPSA) is 73.2 Å². The van der Waals surface area contributed by atoms with E-state index in [1.54, 1.807) is 12.1 Å². The lowest BCUT2D eigenvalue weighted by Crippen LogP contribution is -2.31. The molecule has 1 aliphatic rings. The van der Waals surface area contributed by atoms with E-state index in [1.165, 1.54) is 23.7 Å². The zero-order chi connectivity index (χ0) is 19.4. The Hall–Kier alpha value is -3.04. The van der Waals surface area contributed by atoms with Crippen molar-refractivity contribution >= 4 is 29.3 Å². The fraction of sp³-hybridized carbons (Fsp3) is 0.190. The molecular weight excluding hydrogens is 358 g/mol. The number of hydrogen-bond donors (Lipinski definition) is 1. The molecule has 1 saturated heterocycles. The molecule has 2 amide bonds. The monoisotopic (exact) mass is 377 g/mol. The first kappa shape index (κ1) is 18.7. The minimum absolute atomic E-state index is 0.0491. The molecule has 0 spiro atoms. The van der Waals surface area contributed by atoms with Gasteiger partial charge in [0.15, 0.2) is 0 Å². The van der Waals surface area contributed by atoms with Crippen molar-refractivity contribution < 1.29 is 9.59 Å². The molecule has 1 fully saturated rings. The van der Waals surface area contributed by atoms with Crippen LogP contribution in [0.2, 0.25) is 0 Å². The Morgan fingerprint density at radius 2 is 1.85 bits per heavy atom. The number of carbonyl (C=O) groups excluding carboxylic acids is 2. The van der Waals surface area contributed by atoms with Gasteiger partial charge < -0.3 is 5.32 Å². The van der Waals surface area contributed by atoms with E-state index < -0.39 is 11.2 Å². The first-order chi connectivity index (χ1) is 13.1. The summed E-state index contributed by atoms with van der Waals surface area (Å²) in [4.78, 5) is 26.9. The van der Waals surface area contributed by atoms with E-state index in [4.69, 9.17) is 0 Å². The van der Waals surface area contributed by atoms with E-state index in [0.29, 0.717) is 17.1 Å². The number of likely N-dealkylation sites (N-methyl/N-ethyl adjacent to an activating group) is 1. The number of thioether (sulfide) groups is 1. The highest BCUT2D eigenvalue weighted by atomic mass is 32.2. The Kier molecular flexibility index (Phi) is 5.63. The third-order valence-electron chi connectivity index (χ3n) is 4.41. The van der Waals surface area contributed by atoms with Gasteiger partial charge in [-0.2, -0.15) is 5.26 Å². The van der Waals surface area contributed by atoms with Crippen LogP contribution in [0.5, 0.6) is 0 Å². The van der Waals surface area contributed by atoms with Gasteiger partial charge in [-0.15, -0.1) is 0 Å². The van der Waals surface area contributed by atoms with Gasteiger partial charge in [-0.1, -0.05) is 54.2 Å². The lowest BCUT2D eigenvalue weighted by Gasteiger charge is -2.18. The Morgan fingerprint density at radius 1 is 1.19 bits per heavy atom. The minimum Gasteiger partial charge on any atom is -0.354 e. The first-order valence-electron chi connectivity index (χ1n) is 8.53. The van der Waals surface area contributed by atoms with Gasteiger partial charge in [-0.3, -0.25) is 14.5 Å². The van der Waals surface area contributed by atoms with E-state index >= 15 is 0 Å². The molecule has 2 aromatic rings. The maximum absolute atomic E-state index is 13.2. The third kappa shape index (κ3) is 3.74. The zero-order valence-corrected chi connectivity index (χ0v) is 15.9. The van der Waals surface area contributed by atoms with Gasteiger partial charge in [0.05, 0.1) is 5.25 Å². The van der Waals surface area contributed by atoms with E-state index in [0.717, 1.165) is 11.1 Å². The predicted molar refractivity (Wildman–Crippen MR) is 107 cm³/mol. The average molecular weight is 377 g/mol. The summed E-state index contributed by atoms with van der Waals surface area (Å²) in [7, 11) is 1.47. The van der Waals surface area contributed by atoms with Crippen molar-refractivity contribution in [1.82, 2.24) is 5.32 Å². The lowest BCUT2D eigenvalue weighted by atomic mass is 10.0. The van der Waals surface area contributed by atoms with Gasteiger partial charge in [0, 0.05) is 12.7 Å². The summed E-state index contributed by atoms with van der Waals surface area (Å²) in [5, 5.41) is 12.0. The van der Waals surface area contributed by atoms with Crippen LogP contribution < -0.4 is 10.2 Å². The van der Waals surface area contributed by atoms with Crippen LogP contribution in [0.4, 0.5) is 5.69 Å². The molecule has 5 nitrogen and oxygen atoms in total. The highest BCUT2D eigenvalue weighted by Gasteiger charge is 2.40. The van der Waals surface area contributed by atoms with Crippen LogP contribution in [-0.2, 0) is 16.0 Å². The van der Waals surface area contributed by atoms with Crippen molar-refractivity contribution in [2.75, 3.05) is 11.9 Å². The molecule has 0 radical (unpaired) electrons. The van der Waals surface area contributed by atoms with Crippen molar-refractivity contribution in [3.8, 4) is 6.07 Å². The summed E-state index contributed by atoms with van der Waals surface area (Å²) in [6.45, 7) is 2.01. The van der Waals surface area contributed by atoms with E-state index in [9.17, 15) is 14.9 Å². The van der Waals surface area contributed by atoms with Crippen LogP contribution in [0.1, 0.15) is 11.1 Å². The van der Waals surface area contributed by atoms with Crippen LogP contribution in [0.15, 0.2) is 65.2 Å². The summed E-state index contributed by atoms with van der Waals surface area (Å²) in [6, 6.07) is 19.0. The second-order valence-corrected chi connectivity index (χ2v) is 7.31. The summed E-state index contributed by atoms with van der Waals surface area (Å²) in [5.41, 5.74) is 2.79. The average Bonchev–Trinajstić information content (AvgIpc) is 3.00. The van der Waals surface area contributed by atoms with Gasteiger partial charge in [-0.05, 0) is 36.6 Å². The van der Waals surface area contributed by atoms with Gasteiger partial charge >= 0.3 is 0 Å². The predicted octanol–water partition coefficient (Wildman–Crippen LogP) is 3.17. The maximum atomic E-state index is 13.2. The molecule has 1 aliphatic heterocycles. The molecule has 1 unspecified atom stereocenters. The maximum Gasteiger partial charge on any atom is 0.264 e. The summed E-state index contributed by atoms with van der Waals surface area (Å²) in [5.74, 6) is -0.619. The molecule has 1 atom stereocenters. The van der Waals surface area contributed by atoms with Gasteiger partial charge in [0.1, 0.15) is 16.7 Å². The molecule has 136 valence electrons. The first-order valence-corrected chi connectivity index (χ1v) is 9.41. The molecule has 1 N–H and O–H groups in total. The molecule has 0 saturated carbocycles. The van der Waals surface area contributed by atoms with Crippen LogP contribution in [-0.4, -0.2) is 24.1 Å². The summed E-state index contributed by atoms with van der Waals surface area (Å²) in [6.07, 6.45) is 0.537. The molecule has 0 aliphatic carbocycles. The number of hydrogen-bond acceptors (Lipinski definition) is 4. The van der Waals surface area contributed by atoms with Crippen LogP contribution in [0, 0.1) is 18.3 Å². The smallest absolute Gasteiger partial charge is 0.264 e. The summed E-state index contributed by atoms with van der Waals surface area (Å²) < 4.78 is 0. The number of aryl methyl sites for hydroxylation is 1. The van der Waals surface area contributed by atoms with Gasteiger partial charge in [0.25, 0.3) is 5.91 Å². The van der Waals surface area contributed by atoms with E-state index in [1.807, 2.05) is 55.5 Å². The number of carbonyl (C=O) groups is 2. The number of nitrogens with zero attached hydrogens (tertiary/aromatic N) is 2. The molecule has 1 heterocycles. The number of rotatable bonds is 4. The third-order valence-corrected chi connectivity index (χ3v) is 5.68.